The average molecular weight is 1790 g/mol. The number of nitrogens with one attached hydrogen (secondary N) is 9. The summed E-state index contributed by atoms with van der Waals surface area (Å²) < 4.78 is 13.1. The van der Waals surface area contributed by atoms with Gasteiger partial charge in [-0.3, -0.25) is 57.5 Å². The van der Waals surface area contributed by atoms with Crippen molar-refractivity contribution in [2.45, 2.75) is 174 Å². The molecular weight excluding hydrogens is 1680 g/mol. The number of imide groups is 2. The number of nitrogens with zero attached hydrogens (tertiary/aromatic N) is 2. The summed E-state index contributed by atoms with van der Waals surface area (Å²) in [5.74, 6) is -13.5. The van der Waals surface area contributed by atoms with Gasteiger partial charge in [-0.05, 0) is 141 Å². The predicted octanol–water partition coefficient (Wildman–Crippen LogP) is 7.39. The smallest absolute Gasteiger partial charge is 0.417 e. The highest BCUT2D eigenvalue weighted by atomic mass is 32.4. The summed E-state index contributed by atoms with van der Waals surface area (Å²) in [6.07, 6.45) is -4.06. The first-order valence-corrected chi connectivity index (χ1v) is 47.5. The van der Waals surface area contributed by atoms with Gasteiger partial charge in [-0.15, -0.1) is 0 Å². The van der Waals surface area contributed by atoms with Gasteiger partial charge < -0.3 is 63.1 Å². The highest BCUT2D eigenvalue weighted by molar-refractivity contribution is 8.22. The van der Waals surface area contributed by atoms with Gasteiger partial charge in [-0.25, -0.2) is 19.4 Å². The maximum Gasteiger partial charge on any atom is 0.417 e. The van der Waals surface area contributed by atoms with Crippen molar-refractivity contribution in [3.8, 4) is 22.3 Å². The first kappa shape index (κ1) is 95.9. The third-order valence-corrected chi connectivity index (χ3v) is 32.3. The minimum absolute atomic E-state index is 0.294. The van der Waals surface area contributed by atoms with Crippen molar-refractivity contribution in [2.24, 2.45) is 11.7 Å². The van der Waals surface area contributed by atoms with E-state index in [-0.39, 0.29) is 0 Å². The van der Waals surface area contributed by atoms with Gasteiger partial charge in [-0.1, -0.05) is 262 Å². The molecular formula is C94H108N12O16P2S2. The highest BCUT2D eigenvalue weighted by Gasteiger charge is 2.51. The lowest BCUT2D eigenvalue weighted by molar-refractivity contribution is -0.147. The molecule has 11 N–H and O–H groups in total. The summed E-state index contributed by atoms with van der Waals surface area (Å²) in [5, 5.41) is 25.2. The number of primary amides is 1. The zero-order valence-corrected chi connectivity index (χ0v) is 75.9. The molecule has 28 nitrogen and oxygen atoms in total. The van der Waals surface area contributed by atoms with Crippen LogP contribution >= 0.6 is 12.1 Å². The standard InChI is InChI=1S/C94H108N12O16P2S2/c1-14-55(2)79(102-82(110)58(5)101-90(118)94(12,13)103-83(111)59(6)96-62(9)107)86(114)98-57(4)81(109)99-61(8)87(115)106(92(120)122-52-76-73-49-33-29-45-69(73)70-46-30-34-50-74(70)76)78(54-124(126,65-39-23-17-24-40-65)66-41-25-18-26-42-66)88(116)105(91(119)121-51-75-71-47-31-27-43-67(71)68-44-28-32-48-72(68)75)77(53-123(125,63-35-19-15-20-36-63)64-37-21-16-22-38-64)85(113)97-60(7)84(112)104-93(10,11)89(117)100-56(3)80(95)108/h15-50,55-61,75-79H,14,51-54H2,1-13H3,(H2,95,108)(H,96,107)(H,97,113)(H,98,114)(H,99,109)(H,100,117)(H,101,118)(H,102,110)(H,103,111)(H,104,112)/t55-,56-,57-,58-,59-,60-,61-,77-,78-,79-/m0/s1. The average Bonchev–Trinajstić information content (AvgIpc) is 1.69. The van der Waals surface area contributed by atoms with Crippen LogP contribution in [0.5, 0.6) is 0 Å². The molecule has 0 fully saturated rings. The lowest BCUT2D eigenvalue weighted by atomic mass is 9.97. The second-order valence-corrected chi connectivity index (χ2v) is 42.2. The summed E-state index contributed by atoms with van der Waals surface area (Å²) in [6.45, 7) is 17.0. The molecule has 0 saturated carbocycles. The van der Waals surface area contributed by atoms with Crippen molar-refractivity contribution in [2.75, 3.05) is 25.5 Å². The van der Waals surface area contributed by atoms with Gasteiger partial charge in [0.2, 0.25) is 59.1 Å². The summed E-state index contributed by atoms with van der Waals surface area (Å²) in [4.78, 5) is 209. The molecule has 10 rings (SSSR count). The number of carbonyl (C=O) groups excluding carboxylic acids is 14. The molecule has 0 spiro atoms. The third-order valence-electron chi connectivity index (χ3n) is 22.7. The van der Waals surface area contributed by atoms with Crippen molar-refractivity contribution < 1.29 is 76.6 Å². The van der Waals surface area contributed by atoms with Crippen LogP contribution in [0.3, 0.4) is 0 Å². The van der Waals surface area contributed by atoms with E-state index >= 15 is 28.8 Å². The number of rotatable bonds is 36. The lowest BCUT2D eigenvalue weighted by Crippen LogP contribution is -2.65. The number of benzene rings is 8. The van der Waals surface area contributed by atoms with E-state index in [4.69, 9.17) is 38.8 Å². The zero-order valence-electron chi connectivity index (χ0n) is 72.5. The molecule has 0 aromatic heterocycles. The molecule has 662 valence electrons. The summed E-state index contributed by atoms with van der Waals surface area (Å²) in [7, 11) is 0. The Kier molecular flexibility index (Phi) is 31.7. The molecule has 8 aromatic rings. The van der Waals surface area contributed by atoms with Gasteiger partial charge in [0.15, 0.2) is 0 Å². The number of fused-ring (bicyclic) bond motifs is 6. The van der Waals surface area contributed by atoms with E-state index in [2.05, 4.69) is 47.9 Å². The van der Waals surface area contributed by atoms with Gasteiger partial charge in [0.1, 0.15) is 78.7 Å². The van der Waals surface area contributed by atoms with Crippen LogP contribution < -0.4 is 74.8 Å². The number of nitrogens with two attached hydrogens (primary N) is 1. The molecule has 2 aliphatic rings. The first-order valence-electron chi connectivity index (χ1n) is 41.5. The Balaban J connectivity index is 1.13. The van der Waals surface area contributed by atoms with Crippen LogP contribution in [0.25, 0.3) is 22.3 Å². The molecule has 10 atom stereocenters. The number of ether oxygens (including phenoxy) is 2. The predicted molar refractivity (Wildman–Crippen MR) is 490 cm³/mol. The van der Waals surface area contributed by atoms with Crippen molar-refractivity contribution in [1.82, 2.24) is 57.7 Å². The largest absolute Gasteiger partial charge is 0.448 e. The van der Waals surface area contributed by atoms with Crippen LogP contribution in [0.15, 0.2) is 218 Å². The normalized spacial score (nSPS) is 14.7. The molecule has 0 unspecified atom stereocenters. The number of carbonyl (C=O) groups is 14. The lowest BCUT2D eigenvalue weighted by Gasteiger charge is -2.39. The van der Waals surface area contributed by atoms with Gasteiger partial charge in [0.05, 0.1) is 0 Å². The molecule has 0 saturated heterocycles. The maximum absolute atomic E-state index is 18.1. The van der Waals surface area contributed by atoms with Crippen LogP contribution in [-0.4, -0.2) is 184 Å². The fourth-order valence-electron chi connectivity index (χ4n) is 15.2. The number of hydrogen-bond donors (Lipinski definition) is 10. The molecule has 8 aromatic carbocycles. The van der Waals surface area contributed by atoms with Crippen LogP contribution in [0.4, 0.5) is 9.59 Å². The Labute approximate surface area is 743 Å². The fraction of sp³-hybridized carbons (Fsp3) is 0.340. The van der Waals surface area contributed by atoms with Crippen LogP contribution in [0.2, 0.25) is 0 Å². The fourth-order valence-corrected chi connectivity index (χ4v) is 23.2. The molecule has 0 bridgehead atoms. The molecule has 0 aliphatic heterocycles. The Morgan fingerprint density at radius 1 is 0.373 bits per heavy atom. The van der Waals surface area contributed by atoms with E-state index in [1.54, 1.807) is 135 Å². The third kappa shape index (κ3) is 22.3. The molecule has 2 aliphatic carbocycles. The summed E-state index contributed by atoms with van der Waals surface area (Å²) >= 11 is 14.0. The van der Waals surface area contributed by atoms with E-state index < -0.39 is 204 Å². The van der Waals surface area contributed by atoms with E-state index in [1.165, 1.54) is 76.2 Å². The van der Waals surface area contributed by atoms with Crippen molar-refractivity contribution in [3.05, 3.63) is 241 Å². The Bertz CT molecular complexity index is 5360. The Morgan fingerprint density at radius 2 is 0.675 bits per heavy atom. The second kappa shape index (κ2) is 41.6. The van der Waals surface area contributed by atoms with E-state index in [0.29, 0.717) is 37.4 Å². The Morgan fingerprint density at radius 3 is 1.04 bits per heavy atom. The second-order valence-electron chi connectivity index (χ2n) is 32.7. The quantitative estimate of drug-likeness (QED) is 0.0171. The zero-order chi connectivity index (χ0) is 91.9. The van der Waals surface area contributed by atoms with Crippen molar-refractivity contribution in [3.63, 3.8) is 0 Å². The van der Waals surface area contributed by atoms with Crippen molar-refractivity contribution in [1.29, 1.82) is 0 Å². The summed E-state index contributed by atoms with van der Waals surface area (Å²) in [6, 6.07) is 42.3. The van der Waals surface area contributed by atoms with Crippen LogP contribution in [0, 0.1) is 5.92 Å². The molecule has 32 heteroatoms. The van der Waals surface area contributed by atoms with Crippen LogP contribution in [-0.2, 0) is 90.6 Å². The minimum atomic E-state index is -3.80. The molecule has 0 radical (unpaired) electrons. The summed E-state index contributed by atoms with van der Waals surface area (Å²) in [5.41, 5.74) is 8.33. The number of hydrogen-bond acceptors (Lipinski definition) is 18. The van der Waals surface area contributed by atoms with Crippen LogP contribution in [0.1, 0.15) is 131 Å². The maximum atomic E-state index is 18.1. The monoisotopic (exact) mass is 1790 g/mol. The van der Waals surface area contributed by atoms with Gasteiger partial charge in [0.25, 0.3) is 11.8 Å². The number of amides is 14. The minimum Gasteiger partial charge on any atom is -0.448 e. The van der Waals surface area contributed by atoms with Gasteiger partial charge >= 0.3 is 12.2 Å². The topological polar surface area (TPSA) is 398 Å². The molecule has 14 amide bonds. The van der Waals surface area contributed by atoms with Gasteiger partial charge in [0, 0.05) is 43.2 Å². The Hall–Kier alpha value is -12.4. The van der Waals surface area contributed by atoms with E-state index in [9.17, 15) is 38.4 Å². The first-order chi connectivity index (χ1) is 59.7. The van der Waals surface area contributed by atoms with E-state index in [0.717, 1.165) is 44.5 Å². The molecule has 126 heavy (non-hydrogen) atoms. The highest BCUT2D eigenvalue weighted by Crippen LogP contribution is 2.50. The molecule has 0 heterocycles. The SMILES string of the molecule is CC[C@H](C)[C@H](NC(=O)[C@H](C)NC(=O)C(C)(C)NC(=O)[C@H](C)NC(C)=O)C(=O)N[C@@H](C)C(=O)N[C@@H](C)C(=O)N(C(=O)OCC1c2ccccc2-c2ccccc21)[C@@H](CP(=S)(c1ccccc1)c1ccccc1)C(=O)N(C(=O)OCC1c2ccccc2-c2ccccc21)[C@@H](CP(=S)(c1ccccc1)c1ccccc1)C(=O)N[C@@H](C)C(=O)NC(C)(C)C(=O)N[C@@H](C)C(N)=O. The van der Waals surface area contributed by atoms with Gasteiger partial charge in [-0.2, -0.15) is 0 Å². The van der Waals surface area contributed by atoms with E-state index in [1.807, 2.05) is 97.1 Å². The van der Waals surface area contributed by atoms with Crippen molar-refractivity contribution >= 4 is 140 Å².